The summed E-state index contributed by atoms with van der Waals surface area (Å²) in [6, 6.07) is 24.6. The van der Waals surface area contributed by atoms with E-state index in [-0.39, 0.29) is 0 Å². The predicted molar refractivity (Wildman–Crippen MR) is 128 cm³/mol. The molecular formula is C25H18Cl2N6. The Bertz CT molecular complexity index is 1330. The number of halogens is 2. The number of hydrogen-bond acceptors (Lipinski definition) is 5. The number of rotatable bonds is 7. The molecule has 8 heteroatoms. The van der Waals surface area contributed by atoms with Gasteiger partial charge in [0, 0.05) is 11.6 Å². The third kappa shape index (κ3) is 5.51. The Morgan fingerprint density at radius 2 is 1.45 bits per heavy atom. The van der Waals surface area contributed by atoms with Gasteiger partial charge in [0.15, 0.2) is 5.82 Å². The highest BCUT2D eigenvalue weighted by Crippen LogP contribution is 2.31. The molecule has 3 aromatic carbocycles. The van der Waals surface area contributed by atoms with E-state index in [4.69, 9.17) is 33.7 Å². The topological polar surface area (TPSA) is 81.5 Å². The summed E-state index contributed by atoms with van der Waals surface area (Å²) in [4.78, 5) is 2.10. The third-order valence-corrected chi connectivity index (χ3v) is 5.71. The Hall–Kier alpha value is -3.84. The molecule has 0 spiro atoms. The van der Waals surface area contributed by atoms with Gasteiger partial charge in [-0.3, -0.25) is 0 Å². The van der Waals surface area contributed by atoms with Gasteiger partial charge in [-0.1, -0.05) is 47.5 Å². The molecule has 0 unspecified atom stereocenters. The second kappa shape index (κ2) is 10.2. The van der Waals surface area contributed by atoms with E-state index in [0.717, 1.165) is 22.6 Å². The van der Waals surface area contributed by atoms with Crippen LogP contribution in [0.1, 0.15) is 28.1 Å². The lowest BCUT2D eigenvalue weighted by molar-refractivity contribution is 0.680. The first kappa shape index (κ1) is 22.4. The Morgan fingerprint density at radius 1 is 0.818 bits per heavy atom. The van der Waals surface area contributed by atoms with Crippen LogP contribution in [0.5, 0.6) is 0 Å². The normalized spacial score (nSPS) is 10.4. The summed E-state index contributed by atoms with van der Waals surface area (Å²) >= 11 is 12.7. The summed E-state index contributed by atoms with van der Waals surface area (Å²) in [5.74, 6) is 0.763. The minimum absolute atomic E-state index is 0.456. The minimum atomic E-state index is 0.456. The van der Waals surface area contributed by atoms with Gasteiger partial charge < -0.3 is 9.47 Å². The molecule has 6 nitrogen and oxygen atoms in total. The number of benzene rings is 3. The minimum Gasteiger partial charge on any atom is -0.358 e. The standard InChI is InChI=1S/C25H18Cl2N6/c26-22-9-10-24(23(27)11-22)32(14-20-5-1-18(12-28)2-6-20)16-25-31-30-17-33(25)15-21-7-3-19(13-29)4-8-21/h1-11,17H,14-16H2. The van der Waals surface area contributed by atoms with Gasteiger partial charge in [0.2, 0.25) is 0 Å². The van der Waals surface area contributed by atoms with Crippen molar-refractivity contribution in [2.45, 2.75) is 19.6 Å². The van der Waals surface area contributed by atoms with Gasteiger partial charge in [-0.05, 0) is 53.6 Å². The van der Waals surface area contributed by atoms with Gasteiger partial charge in [0.05, 0.1) is 47.1 Å². The second-order valence-electron chi connectivity index (χ2n) is 7.44. The number of hydrogen-bond donors (Lipinski definition) is 0. The van der Waals surface area contributed by atoms with Crippen LogP contribution < -0.4 is 4.90 Å². The van der Waals surface area contributed by atoms with Crippen LogP contribution in [0.25, 0.3) is 0 Å². The Balaban J connectivity index is 1.62. The molecule has 0 fully saturated rings. The zero-order valence-electron chi connectivity index (χ0n) is 17.5. The van der Waals surface area contributed by atoms with Gasteiger partial charge in [0.1, 0.15) is 6.33 Å². The SMILES string of the molecule is N#Cc1ccc(CN(Cc2nncn2Cc2ccc(C#N)cc2)c2ccc(Cl)cc2Cl)cc1. The highest BCUT2D eigenvalue weighted by molar-refractivity contribution is 6.36. The maximum absolute atomic E-state index is 9.08. The molecule has 1 heterocycles. The molecule has 4 aromatic rings. The van der Waals surface area contributed by atoms with Crippen LogP contribution in [-0.4, -0.2) is 14.8 Å². The first-order valence-corrected chi connectivity index (χ1v) is 10.9. The molecule has 0 bridgehead atoms. The Labute approximate surface area is 201 Å². The fraction of sp³-hybridized carbons (Fsp3) is 0.120. The smallest absolute Gasteiger partial charge is 0.152 e. The number of anilines is 1. The maximum Gasteiger partial charge on any atom is 0.152 e. The molecule has 33 heavy (non-hydrogen) atoms. The van der Waals surface area contributed by atoms with Gasteiger partial charge in [0.25, 0.3) is 0 Å². The number of nitrogens with zero attached hydrogens (tertiary/aromatic N) is 6. The van der Waals surface area contributed by atoms with Gasteiger partial charge in [-0.15, -0.1) is 10.2 Å². The molecular weight excluding hydrogens is 455 g/mol. The zero-order chi connectivity index (χ0) is 23.2. The van der Waals surface area contributed by atoms with E-state index in [1.54, 1.807) is 42.7 Å². The zero-order valence-corrected chi connectivity index (χ0v) is 19.0. The average molecular weight is 473 g/mol. The van der Waals surface area contributed by atoms with Crippen molar-refractivity contribution in [2.24, 2.45) is 0 Å². The highest BCUT2D eigenvalue weighted by Gasteiger charge is 2.16. The van der Waals surface area contributed by atoms with Crippen molar-refractivity contribution in [3.8, 4) is 12.1 Å². The quantitative estimate of drug-likeness (QED) is 0.350. The van der Waals surface area contributed by atoms with Crippen molar-refractivity contribution >= 4 is 28.9 Å². The Morgan fingerprint density at radius 3 is 2.06 bits per heavy atom. The van der Waals surface area contributed by atoms with Crippen molar-refractivity contribution in [1.29, 1.82) is 10.5 Å². The molecule has 0 amide bonds. The first-order chi connectivity index (χ1) is 16.1. The van der Waals surface area contributed by atoms with Crippen LogP contribution in [0.3, 0.4) is 0 Å². The molecule has 4 rings (SSSR count). The van der Waals surface area contributed by atoms with Gasteiger partial charge in [-0.2, -0.15) is 10.5 Å². The summed E-state index contributed by atoms with van der Waals surface area (Å²) < 4.78 is 1.97. The Kier molecular flexibility index (Phi) is 6.90. The molecule has 0 saturated carbocycles. The monoisotopic (exact) mass is 472 g/mol. The van der Waals surface area contributed by atoms with E-state index in [2.05, 4.69) is 27.2 Å². The summed E-state index contributed by atoms with van der Waals surface area (Å²) in [5, 5.41) is 27.6. The van der Waals surface area contributed by atoms with Crippen molar-refractivity contribution in [1.82, 2.24) is 14.8 Å². The van der Waals surface area contributed by atoms with Gasteiger partial charge >= 0.3 is 0 Å². The fourth-order valence-electron chi connectivity index (χ4n) is 3.45. The van der Waals surface area contributed by atoms with E-state index in [0.29, 0.717) is 40.8 Å². The molecule has 0 saturated heterocycles. The van der Waals surface area contributed by atoms with E-state index in [1.165, 1.54) is 0 Å². The van der Waals surface area contributed by atoms with E-state index in [9.17, 15) is 0 Å². The van der Waals surface area contributed by atoms with Gasteiger partial charge in [-0.25, -0.2) is 0 Å². The summed E-state index contributed by atoms with van der Waals surface area (Å²) in [6.45, 7) is 1.58. The molecule has 1 aromatic heterocycles. The lowest BCUT2D eigenvalue weighted by Crippen LogP contribution is -2.25. The van der Waals surface area contributed by atoms with E-state index in [1.807, 2.05) is 34.9 Å². The maximum atomic E-state index is 9.08. The summed E-state index contributed by atoms with van der Waals surface area (Å²) in [5.41, 5.74) is 4.11. The number of aromatic nitrogens is 3. The summed E-state index contributed by atoms with van der Waals surface area (Å²) in [6.07, 6.45) is 1.69. The van der Waals surface area contributed by atoms with Crippen molar-refractivity contribution in [3.05, 3.63) is 111 Å². The van der Waals surface area contributed by atoms with Crippen LogP contribution in [0.4, 0.5) is 5.69 Å². The molecule has 0 atom stereocenters. The van der Waals surface area contributed by atoms with Crippen molar-refractivity contribution in [2.75, 3.05) is 4.90 Å². The average Bonchev–Trinajstić information content (AvgIpc) is 3.26. The second-order valence-corrected chi connectivity index (χ2v) is 8.29. The first-order valence-electron chi connectivity index (χ1n) is 10.1. The van der Waals surface area contributed by atoms with Crippen molar-refractivity contribution in [3.63, 3.8) is 0 Å². The van der Waals surface area contributed by atoms with Crippen LogP contribution in [0.2, 0.25) is 10.0 Å². The molecule has 0 aliphatic carbocycles. The summed E-state index contributed by atoms with van der Waals surface area (Å²) in [7, 11) is 0. The predicted octanol–water partition coefficient (Wildman–Crippen LogP) is 5.58. The van der Waals surface area contributed by atoms with E-state index >= 15 is 0 Å². The van der Waals surface area contributed by atoms with Crippen LogP contribution >= 0.6 is 23.2 Å². The molecule has 0 N–H and O–H groups in total. The molecule has 162 valence electrons. The lowest BCUT2D eigenvalue weighted by atomic mass is 10.1. The van der Waals surface area contributed by atoms with Crippen LogP contribution in [0, 0.1) is 22.7 Å². The van der Waals surface area contributed by atoms with Crippen LogP contribution in [-0.2, 0) is 19.6 Å². The third-order valence-electron chi connectivity index (χ3n) is 5.17. The molecule has 0 radical (unpaired) electrons. The van der Waals surface area contributed by atoms with Crippen molar-refractivity contribution < 1.29 is 0 Å². The van der Waals surface area contributed by atoms with Crippen LogP contribution in [0.15, 0.2) is 73.1 Å². The largest absolute Gasteiger partial charge is 0.358 e. The number of nitriles is 2. The molecule has 0 aliphatic heterocycles. The fourth-order valence-corrected chi connectivity index (χ4v) is 3.98. The highest BCUT2D eigenvalue weighted by atomic mass is 35.5. The lowest BCUT2D eigenvalue weighted by Gasteiger charge is -2.26. The molecule has 0 aliphatic rings. The van der Waals surface area contributed by atoms with E-state index < -0.39 is 0 Å².